The van der Waals surface area contributed by atoms with E-state index in [1.165, 1.54) is 0 Å². The quantitative estimate of drug-likeness (QED) is 0.0312. The molecule has 5 aromatic rings. The van der Waals surface area contributed by atoms with E-state index in [4.69, 9.17) is 27.5 Å². The van der Waals surface area contributed by atoms with Crippen LogP contribution >= 0.6 is 49.9 Å². The van der Waals surface area contributed by atoms with E-state index in [2.05, 4.69) is 48.2 Å². The number of aliphatic imine (C=N–C) groups is 1. The second-order valence-electron chi connectivity index (χ2n) is 9.56. The maximum atomic E-state index is 9.14. The second kappa shape index (κ2) is 14.7. The van der Waals surface area contributed by atoms with Crippen molar-refractivity contribution in [3.8, 4) is 0 Å². The van der Waals surface area contributed by atoms with E-state index in [0.29, 0.717) is 22.6 Å². The molecule has 0 atom stereocenters. The van der Waals surface area contributed by atoms with Crippen LogP contribution in [0, 0.1) is 13.8 Å². The van der Waals surface area contributed by atoms with Crippen LogP contribution in [0.4, 0.5) is 28.4 Å². The lowest BCUT2D eigenvalue weighted by Gasteiger charge is -2.11. The zero-order valence-corrected chi connectivity index (χ0v) is 27.3. The van der Waals surface area contributed by atoms with Crippen molar-refractivity contribution in [3.63, 3.8) is 0 Å². The van der Waals surface area contributed by atoms with Gasteiger partial charge >= 0.3 is 0 Å². The monoisotopic (exact) mass is 636 g/mol. The predicted molar refractivity (Wildman–Crippen MR) is 194 cm³/mol. The van der Waals surface area contributed by atoms with E-state index in [-0.39, 0.29) is 0 Å². The van der Waals surface area contributed by atoms with Crippen LogP contribution in [0.15, 0.2) is 91.3 Å². The number of nitrogens with one attached hydrogen (secondary N) is 1. The third-order valence-electron chi connectivity index (χ3n) is 6.53. The number of thiol groups is 3. The smallest absolute Gasteiger partial charge is 0.0972 e. The predicted octanol–water partition coefficient (Wildman–Crippen LogP) is 8.20. The Hall–Kier alpha value is -3.35. The van der Waals surface area contributed by atoms with Gasteiger partial charge in [0, 0.05) is 77.6 Å². The van der Waals surface area contributed by atoms with Gasteiger partial charge in [0.1, 0.15) is 0 Å². The largest absolute Gasteiger partial charge is 0.399 e. The highest BCUT2D eigenvalue weighted by Gasteiger charge is 2.08. The lowest BCUT2D eigenvalue weighted by atomic mass is 10.1. The summed E-state index contributed by atoms with van der Waals surface area (Å²) in [5.41, 5.74) is 29.5. The first kappa shape index (κ1) is 33.2. The maximum Gasteiger partial charge on any atom is 0.0972 e. The number of rotatable bonds is 2. The molecule has 10 N–H and O–H groups in total. The molecule has 0 aliphatic carbocycles. The van der Waals surface area contributed by atoms with Gasteiger partial charge in [-0.1, -0.05) is 12.1 Å². The molecule has 0 heterocycles. The molecule has 0 spiro atoms. The molecule has 0 saturated heterocycles. The molecule has 220 valence electrons. The molecule has 5 rings (SSSR count). The Kier molecular flexibility index (Phi) is 11.6. The average molecular weight is 637 g/mol. The van der Waals surface area contributed by atoms with Crippen LogP contribution in [-0.4, -0.2) is 17.4 Å². The van der Waals surface area contributed by atoms with Crippen molar-refractivity contribution < 1.29 is 4.55 Å². The Balaban J connectivity index is 0.000000173. The molecule has 5 aromatic carbocycles. The van der Waals surface area contributed by atoms with Crippen molar-refractivity contribution in [1.82, 2.24) is 0 Å². The zero-order valence-electron chi connectivity index (χ0n) is 23.8. The molecule has 0 radical (unpaired) electrons. The number of benzene rings is 5. The molecular weight excluding hydrogens is 601 g/mol. The Bertz CT molecular complexity index is 1780. The van der Waals surface area contributed by atoms with Gasteiger partial charge in [0.05, 0.1) is 11.5 Å². The SMILES string of the molecule is CN=C(C)Nc1cc(C)c(N)cc1C.Nc1c(S)cc(SO)c2ccc(S)cc12.Nc1ccc(N)c2cc(S)ccc12. The number of hydrogen-bond acceptors (Lipinski definition) is 10. The molecule has 0 fully saturated rings. The fourth-order valence-electron chi connectivity index (χ4n) is 4.07. The Labute approximate surface area is 267 Å². The Morgan fingerprint density at radius 2 is 1.29 bits per heavy atom. The van der Waals surface area contributed by atoms with Gasteiger partial charge in [-0.3, -0.25) is 4.99 Å². The summed E-state index contributed by atoms with van der Waals surface area (Å²) < 4.78 is 9.14. The van der Waals surface area contributed by atoms with Crippen LogP contribution in [0.2, 0.25) is 0 Å². The molecule has 0 unspecified atom stereocenters. The average Bonchev–Trinajstić information content (AvgIpc) is 2.96. The van der Waals surface area contributed by atoms with Crippen molar-refractivity contribution in [2.45, 2.75) is 40.4 Å². The van der Waals surface area contributed by atoms with E-state index in [1.54, 1.807) is 13.1 Å². The molecule has 0 bridgehead atoms. The molecule has 0 amide bonds. The van der Waals surface area contributed by atoms with E-state index in [0.717, 1.165) is 75.9 Å². The Morgan fingerprint density at radius 1 is 0.714 bits per heavy atom. The molecule has 0 aliphatic rings. The van der Waals surface area contributed by atoms with Crippen LogP contribution in [0.25, 0.3) is 21.5 Å². The molecule has 7 nitrogen and oxygen atoms in total. The lowest BCUT2D eigenvalue weighted by Crippen LogP contribution is -2.08. The summed E-state index contributed by atoms with van der Waals surface area (Å²) in [4.78, 5) is 7.19. The van der Waals surface area contributed by atoms with Gasteiger partial charge in [-0.15, -0.1) is 37.9 Å². The summed E-state index contributed by atoms with van der Waals surface area (Å²) in [6.45, 7) is 5.96. The van der Waals surface area contributed by atoms with Gasteiger partial charge in [-0.2, -0.15) is 0 Å². The van der Waals surface area contributed by atoms with Gasteiger partial charge in [0.15, 0.2) is 0 Å². The van der Waals surface area contributed by atoms with Crippen LogP contribution < -0.4 is 28.3 Å². The van der Waals surface area contributed by atoms with Crippen LogP contribution in [0.1, 0.15) is 18.1 Å². The van der Waals surface area contributed by atoms with Crippen molar-refractivity contribution in [2.24, 2.45) is 4.99 Å². The first-order chi connectivity index (χ1) is 19.9. The third kappa shape index (κ3) is 8.14. The highest BCUT2D eigenvalue weighted by molar-refractivity contribution is 7.94. The number of fused-ring (bicyclic) bond motifs is 2. The minimum atomic E-state index is 0.613. The number of hydrogen-bond donors (Lipinski definition) is 9. The fraction of sp³-hybridized carbons (Fsp3) is 0.129. The number of aryl methyl sites for hydroxylation is 2. The summed E-state index contributed by atoms with van der Waals surface area (Å²) in [7, 11) is 1.77. The highest BCUT2D eigenvalue weighted by Crippen LogP contribution is 2.36. The molecule has 0 saturated carbocycles. The normalized spacial score (nSPS) is 11.0. The Morgan fingerprint density at radius 3 is 1.88 bits per heavy atom. The van der Waals surface area contributed by atoms with Crippen molar-refractivity contribution >= 4 is 106 Å². The van der Waals surface area contributed by atoms with Gasteiger partial charge in [0.2, 0.25) is 0 Å². The first-order valence-corrected chi connectivity index (χ1v) is 14.9. The van der Waals surface area contributed by atoms with Gasteiger partial charge in [-0.05, 0) is 91.9 Å². The minimum absolute atomic E-state index is 0.613. The fourth-order valence-corrected chi connectivity index (χ4v) is 5.26. The summed E-state index contributed by atoms with van der Waals surface area (Å²) in [6.07, 6.45) is 0. The van der Waals surface area contributed by atoms with E-state index in [1.807, 2.05) is 81.4 Å². The number of nitrogen functional groups attached to an aromatic ring is 4. The van der Waals surface area contributed by atoms with E-state index < -0.39 is 0 Å². The summed E-state index contributed by atoms with van der Waals surface area (Å²) >= 11 is 13.5. The molecule has 11 heteroatoms. The van der Waals surface area contributed by atoms with E-state index >= 15 is 0 Å². The number of nitrogens with two attached hydrogens (primary N) is 4. The molecular formula is C31H36N6OS4. The summed E-state index contributed by atoms with van der Waals surface area (Å²) in [5, 5.41) is 6.95. The first-order valence-electron chi connectivity index (χ1n) is 12.8. The van der Waals surface area contributed by atoms with Crippen molar-refractivity contribution in [2.75, 3.05) is 35.3 Å². The standard InChI is InChI=1S/C11H17N3.C10H10N2S.C10H9NOS3/c1-7-6-11(14-9(3)13-4)8(2)5-10(7)12;11-9-3-4-10(12)8-5-6(13)1-2-7(8)9;11-10-7-3-5(13)1-2-6(7)9(15-12)4-8(10)14/h5-6H,12H2,1-4H3,(H,13,14);1-5,13H,11-12H2;1-4,12-14H,11H2. The maximum absolute atomic E-state index is 9.14. The molecule has 0 aromatic heterocycles. The molecule has 42 heavy (non-hydrogen) atoms. The second-order valence-corrected chi connectivity index (χ2v) is 11.7. The van der Waals surface area contributed by atoms with Crippen molar-refractivity contribution in [3.05, 3.63) is 77.9 Å². The van der Waals surface area contributed by atoms with Crippen LogP contribution in [0.5, 0.6) is 0 Å². The topological polar surface area (TPSA) is 149 Å². The van der Waals surface area contributed by atoms with Gasteiger partial charge in [0.25, 0.3) is 0 Å². The lowest BCUT2D eigenvalue weighted by molar-refractivity contribution is 0.664. The highest BCUT2D eigenvalue weighted by atomic mass is 32.2. The molecule has 0 aliphatic heterocycles. The van der Waals surface area contributed by atoms with Crippen LogP contribution in [-0.2, 0) is 0 Å². The number of anilines is 5. The van der Waals surface area contributed by atoms with Gasteiger partial charge < -0.3 is 32.8 Å². The van der Waals surface area contributed by atoms with Crippen LogP contribution in [0.3, 0.4) is 0 Å². The summed E-state index contributed by atoms with van der Waals surface area (Å²) in [5.74, 6) is 0.900. The van der Waals surface area contributed by atoms with Gasteiger partial charge in [-0.25, -0.2) is 0 Å². The number of amidine groups is 1. The van der Waals surface area contributed by atoms with Crippen molar-refractivity contribution in [1.29, 1.82) is 0 Å². The number of nitrogens with zero attached hydrogens (tertiary/aromatic N) is 1. The third-order valence-corrected chi connectivity index (χ3v) is 7.99. The zero-order chi connectivity index (χ0) is 31.1. The van der Waals surface area contributed by atoms with E-state index in [9.17, 15) is 0 Å². The summed E-state index contributed by atoms with van der Waals surface area (Å²) in [6, 6.07) is 20.8. The minimum Gasteiger partial charge on any atom is -0.399 e.